The zero-order valence-corrected chi connectivity index (χ0v) is 12.8. The van der Waals surface area contributed by atoms with Crippen LogP contribution in [-0.4, -0.2) is 34.1 Å². The smallest absolute Gasteiger partial charge is 0.320 e. The van der Waals surface area contributed by atoms with E-state index in [9.17, 15) is 9.90 Å². The van der Waals surface area contributed by atoms with Gasteiger partial charge in [0.15, 0.2) is 0 Å². The topological polar surface area (TPSA) is 40.5 Å². The second-order valence-electron chi connectivity index (χ2n) is 7.28. The largest absolute Gasteiger partial charge is 0.480 e. The Labute approximate surface area is 122 Å². The molecule has 0 amide bonds. The minimum atomic E-state index is -0.584. The molecule has 114 valence electrons. The van der Waals surface area contributed by atoms with E-state index in [1.54, 1.807) is 0 Å². The normalized spacial score (nSPS) is 37.5. The van der Waals surface area contributed by atoms with Gasteiger partial charge in [-0.25, -0.2) is 0 Å². The quantitative estimate of drug-likeness (QED) is 0.857. The van der Waals surface area contributed by atoms with Gasteiger partial charge in [-0.3, -0.25) is 9.69 Å². The van der Waals surface area contributed by atoms with E-state index >= 15 is 0 Å². The van der Waals surface area contributed by atoms with Crippen LogP contribution in [0.4, 0.5) is 0 Å². The standard InChI is InChI=1S/C17H29NO2/c1-12(13-6-2-3-7-13)18-15-9-5-4-8-14(15)10-11-16(18)17(19)20/h12-16H,2-11H2,1H3,(H,19,20). The van der Waals surface area contributed by atoms with Crippen molar-refractivity contribution >= 4 is 5.97 Å². The Bertz CT molecular complexity index is 351. The summed E-state index contributed by atoms with van der Waals surface area (Å²) in [5.41, 5.74) is 0. The molecule has 3 fully saturated rings. The summed E-state index contributed by atoms with van der Waals surface area (Å²) in [4.78, 5) is 14.2. The lowest BCUT2D eigenvalue weighted by Crippen LogP contribution is -2.59. The van der Waals surface area contributed by atoms with Gasteiger partial charge in [0.05, 0.1) is 0 Å². The maximum absolute atomic E-state index is 11.7. The highest BCUT2D eigenvalue weighted by atomic mass is 16.4. The molecular formula is C17H29NO2. The van der Waals surface area contributed by atoms with Gasteiger partial charge in [-0.15, -0.1) is 0 Å². The minimum Gasteiger partial charge on any atom is -0.480 e. The monoisotopic (exact) mass is 279 g/mol. The van der Waals surface area contributed by atoms with E-state index in [-0.39, 0.29) is 6.04 Å². The van der Waals surface area contributed by atoms with E-state index in [0.29, 0.717) is 12.1 Å². The van der Waals surface area contributed by atoms with Crippen molar-refractivity contribution in [3.63, 3.8) is 0 Å². The fourth-order valence-corrected chi connectivity index (χ4v) is 5.19. The maximum atomic E-state index is 11.7. The Morgan fingerprint density at radius 2 is 1.65 bits per heavy atom. The molecule has 2 aliphatic carbocycles. The molecule has 1 aliphatic heterocycles. The fraction of sp³-hybridized carbons (Fsp3) is 0.941. The van der Waals surface area contributed by atoms with Crippen molar-refractivity contribution in [2.75, 3.05) is 0 Å². The molecule has 20 heavy (non-hydrogen) atoms. The summed E-state index contributed by atoms with van der Waals surface area (Å²) in [6.07, 6.45) is 12.5. The summed E-state index contributed by atoms with van der Waals surface area (Å²) in [6.45, 7) is 2.31. The third-order valence-corrected chi connectivity index (χ3v) is 6.26. The molecule has 0 spiro atoms. The molecule has 2 saturated carbocycles. The number of carbonyl (C=O) groups is 1. The summed E-state index contributed by atoms with van der Waals surface area (Å²) >= 11 is 0. The van der Waals surface area contributed by atoms with Crippen LogP contribution in [0.15, 0.2) is 0 Å². The number of aliphatic carboxylic acids is 1. The van der Waals surface area contributed by atoms with Gasteiger partial charge in [-0.2, -0.15) is 0 Å². The average Bonchev–Trinajstić information content (AvgIpc) is 2.99. The molecule has 4 unspecified atom stereocenters. The SMILES string of the molecule is CC(C1CCCC1)N1C(C(=O)O)CCC2CCCCC21. The van der Waals surface area contributed by atoms with E-state index in [4.69, 9.17) is 0 Å². The van der Waals surface area contributed by atoms with Gasteiger partial charge in [0, 0.05) is 12.1 Å². The molecule has 3 rings (SSSR count). The van der Waals surface area contributed by atoms with Gasteiger partial charge >= 0.3 is 5.97 Å². The first-order valence-electron chi connectivity index (χ1n) is 8.68. The number of hydrogen-bond acceptors (Lipinski definition) is 2. The van der Waals surface area contributed by atoms with Crippen LogP contribution in [0.3, 0.4) is 0 Å². The lowest BCUT2D eigenvalue weighted by molar-refractivity contribution is -0.151. The highest BCUT2D eigenvalue weighted by Crippen LogP contribution is 2.42. The number of carboxylic acids is 1. The Morgan fingerprint density at radius 1 is 1.00 bits per heavy atom. The second kappa shape index (κ2) is 6.05. The number of piperidine rings is 1. The Balaban J connectivity index is 1.81. The molecule has 3 heteroatoms. The first kappa shape index (κ1) is 14.4. The van der Waals surface area contributed by atoms with Crippen molar-refractivity contribution in [1.29, 1.82) is 0 Å². The van der Waals surface area contributed by atoms with Crippen LogP contribution < -0.4 is 0 Å². The number of rotatable bonds is 3. The molecule has 1 N–H and O–H groups in total. The van der Waals surface area contributed by atoms with Crippen molar-refractivity contribution in [2.45, 2.75) is 89.3 Å². The molecule has 0 aromatic rings. The fourth-order valence-electron chi connectivity index (χ4n) is 5.19. The lowest BCUT2D eigenvalue weighted by atomic mass is 9.74. The predicted octanol–water partition coefficient (Wildman–Crippen LogP) is 3.67. The van der Waals surface area contributed by atoms with Crippen LogP contribution in [0.25, 0.3) is 0 Å². The molecule has 1 saturated heterocycles. The molecule has 3 aliphatic rings. The lowest BCUT2D eigenvalue weighted by Gasteiger charge is -2.51. The van der Waals surface area contributed by atoms with E-state index < -0.39 is 5.97 Å². The van der Waals surface area contributed by atoms with E-state index in [1.807, 2.05) is 0 Å². The molecule has 0 aromatic carbocycles. The van der Waals surface area contributed by atoms with Crippen molar-refractivity contribution in [1.82, 2.24) is 4.90 Å². The van der Waals surface area contributed by atoms with Gasteiger partial charge in [0.2, 0.25) is 0 Å². The van der Waals surface area contributed by atoms with E-state index in [1.165, 1.54) is 51.4 Å². The second-order valence-corrected chi connectivity index (χ2v) is 7.28. The van der Waals surface area contributed by atoms with E-state index in [0.717, 1.165) is 24.7 Å². The molecular weight excluding hydrogens is 250 g/mol. The third kappa shape index (κ3) is 2.61. The van der Waals surface area contributed by atoms with Crippen LogP contribution in [0.1, 0.15) is 71.1 Å². The first-order valence-corrected chi connectivity index (χ1v) is 8.68. The summed E-state index contributed by atoms with van der Waals surface area (Å²) in [5.74, 6) is 0.916. The van der Waals surface area contributed by atoms with Gasteiger partial charge in [0.1, 0.15) is 6.04 Å². The van der Waals surface area contributed by atoms with E-state index in [2.05, 4.69) is 11.8 Å². The van der Waals surface area contributed by atoms with Crippen molar-refractivity contribution < 1.29 is 9.90 Å². The molecule has 0 aromatic heterocycles. The van der Waals surface area contributed by atoms with Crippen molar-refractivity contribution in [3.05, 3.63) is 0 Å². The third-order valence-electron chi connectivity index (χ3n) is 6.26. The van der Waals surface area contributed by atoms with Gasteiger partial charge < -0.3 is 5.11 Å². The van der Waals surface area contributed by atoms with Gasteiger partial charge in [-0.1, -0.05) is 25.7 Å². The van der Waals surface area contributed by atoms with Crippen LogP contribution in [0.2, 0.25) is 0 Å². The molecule has 0 radical (unpaired) electrons. The summed E-state index contributed by atoms with van der Waals surface area (Å²) in [5, 5.41) is 9.65. The first-order chi connectivity index (χ1) is 9.68. The zero-order valence-electron chi connectivity index (χ0n) is 12.8. The van der Waals surface area contributed by atoms with Crippen LogP contribution in [-0.2, 0) is 4.79 Å². The average molecular weight is 279 g/mol. The minimum absolute atomic E-state index is 0.218. The summed E-state index contributed by atoms with van der Waals surface area (Å²) < 4.78 is 0. The summed E-state index contributed by atoms with van der Waals surface area (Å²) in [6, 6.07) is 0.795. The number of hydrogen-bond donors (Lipinski definition) is 1. The molecule has 4 atom stereocenters. The number of carboxylic acid groups (broad SMARTS) is 1. The van der Waals surface area contributed by atoms with Crippen LogP contribution >= 0.6 is 0 Å². The van der Waals surface area contributed by atoms with Crippen LogP contribution in [0.5, 0.6) is 0 Å². The maximum Gasteiger partial charge on any atom is 0.320 e. The Hall–Kier alpha value is -0.570. The number of nitrogens with zero attached hydrogens (tertiary/aromatic N) is 1. The highest BCUT2D eigenvalue weighted by molar-refractivity contribution is 5.73. The van der Waals surface area contributed by atoms with Gasteiger partial charge in [-0.05, 0) is 57.3 Å². The van der Waals surface area contributed by atoms with Crippen molar-refractivity contribution in [3.8, 4) is 0 Å². The molecule has 3 nitrogen and oxygen atoms in total. The number of fused-ring (bicyclic) bond motifs is 1. The number of likely N-dealkylation sites (tertiary alicyclic amines) is 1. The van der Waals surface area contributed by atoms with Crippen LogP contribution in [0, 0.1) is 11.8 Å². The predicted molar refractivity (Wildman–Crippen MR) is 79.7 cm³/mol. The van der Waals surface area contributed by atoms with Gasteiger partial charge in [0.25, 0.3) is 0 Å². The highest BCUT2D eigenvalue weighted by Gasteiger charge is 2.45. The molecule has 1 heterocycles. The van der Waals surface area contributed by atoms with Crippen molar-refractivity contribution in [2.24, 2.45) is 11.8 Å². The molecule has 0 bridgehead atoms. The Kier molecular flexibility index (Phi) is 4.34. The Morgan fingerprint density at radius 3 is 2.35 bits per heavy atom. The summed E-state index contributed by atoms with van der Waals surface area (Å²) in [7, 11) is 0. The zero-order chi connectivity index (χ0) is 14.1.